The molecule has 98 valence electrons. The van der Waals surface area contributed by atoms with Crippen LogP contribution >= 0.6 is 0 Å². The van der Waals surface area contributed by atoms with E-state index in [9.17, 15) is 9.59 Å². The molecule has 0 fully saturated rings. The van der Waals surface area contributed by atoms with Gasteiger partial charge in [-0.1, -0.05) is 0 Å². The van der Waals surface area contributed by atoms with Gasteiger partial charge in [0.1, 0.15) is 0 Å². The number of aromatic nitrogens is 1. The predicted molar refractivity (Wildman–Crippen MR) is 65.6 cm³/mol. The summed E-state index contributed by atoms with van der Waals surface area (Å²) in [5.41, 5.74) is 0.0575. The Morgan fingerprint density at radius 1 is 1.50 bits per heavy atom. The number of anilines is 1. The van der Waals surface area contributed by atoms with Gasteiger partial charge < -0.3 is 15.2 Å². The van der Waals surface area contributed by atoms with E-state index < -0.39 is 5.97 Å². The van der Waals surface area contributed by atoms with Crippen molar-refractivity contribution >= 4 is 17.6 Å². The Kier molecular flexibility index (Phi) is 5.79. The first-order chi connectivity index (χ1) is 8.65. The molecule has 1 amide bonds. The standard InChI is InChI=1S/C12H16N2O4/c1-2-18-8-4-6-10(15)14-9-5-3-7-13-11(9)12(16)17/h3,5,7H,2,4,6,8H2,1H3,(H,14,15)(H,16,17). The van der Waals surface area contributed by atoms with Crippen LogP contribution in [-0.4, -0.2) is 35.2 Å². The Bertz CT molecular complexity index is 420. The van der Waals surface area contributed by atoms with Gasteiger partial charge >= 0.3 is 5.97 Å². The molecule has 0 unspecified atom stereocenters. The Hall–Kier alpha value is -1.95. The summed E-state index contributed by atoms with van der Waals surface area (Å²) in [7, 11) is 0. The molecule has 0 spiro atoms. The van der Waals surface area contributed by atoms with Crippen molar-refractivity contribution in [3.63, 3.8) is 0 Å². The molecule has 0 radical (unpaired) electrons. The molecule has 0 saturated heterocycles. The topological polar surface area (TPSA) is 88.5 Å². The van der Waals surface area contributed by atoms with E-state index in [1.807, 2.05) is 6.92 Å². The minimum Gasteiger partial charge on any atom is -0.476 e. The lowest BCUT2D eigenvalue weighted by Gasteiger charge is -2.07. The summed E-state index contributed by atoms with van der Waals surface area (Å²) in [5.74, 6) is -1.41. The number of hydrogen-bond acceptors (Lipinski definition) is 4. The summed E-state index contributed by atoms with van der Waals surface area (Å²) < 4.78 is 5.11. The summed E-state index contributed by atoms with van der Waals surface area (Å²) in [6, 6.07) is 3.08. The van der Waals surface area contributed by atoms with Crippen LogP contribution in [0, 0.1) is 0 Å². The van der Waals surface area contributed by atoms with Gasteiger partial charge in [-0.2, -0.15) is 0 Å². The van der Waals surface area contributed by atoms with Gasteiger partial charge in [-0.15, -0.1) is 0 Å². The number of hydrogen-bond donors (Lipinski definition) is 2. The first-order valence-electron chi connectivity index (χ1n) is 5.71. The lowest BCUT2D eigenvalue weighted by atomic mass is 10.2. The lowest BCUT2D eigenvalue weighted by Crippen LogP contribution is -2.15. The van der Waals surface area contributed by atoms with Crippen molar-refractivity contribution in [1.29, 1.82) is 0 Å². The monoisotopic (exact) mass is 252 g/mol. The minimum absolute atomic E-state index is 0.157. The smallest absolute Gasteiger partial charge is 0.356 e. The van der Waals surface area contributed by atoms with Crippen LogP contribution in [0.3, 0.4) is 0 Å². The average molecular weight is 252 g/mol. The van der Waals surface area contributed by atoms with Gasteiger partial charge in [0.05, 0.1) is 5.69 Å². The van der Waals surface area contributed by atoms with Crippen molar-refractivity contribution < 1.29 is 19.4 Å². The van der Waals surface area contributed by atoms with E-state index in [4.69, 9.17) is 9.84 Å². The molecule has 6 heteroatoms. The molecule has 0 aliphatic heterocycles. The molecular weight excluding hydrogens is 236 g/mol. The highest BCUT2D eigenvalue weighted by Crippen LogP contribution is 2.12. The quantitative estimate of drug-likeness (QED) is 0.718. The van der Waals surface area contributed by atoms with Crippen LogP contribution in [-0.2, 0) is 9.53 Å². The van der Waals surface area contributed by atoms with E-state index >= 15 is 0 Å². The van der Waals surface area contributed by atoms with E-state index in [-0.39, 0.29) is 23.7 Å². The van der Waals surface area contributed by atoms with E-state index in [1.165, 1.54) is 12.3 Å². The zero-order chi connectivity index (χ0) is 13.4. The highest BCUT2D eigenvalue weighted by atomic mass is 16.5. The molecule has 0 saturated carbocycles. The maximum Gasteiger partial charge on any atom is 0.356 e. The van der Waals surface area contributed by atoms with Crippen molar-refractivity contribution in [3.05, 3.63) is 24.0 Å². The Morgan fingerprint density at radius 3 is 2.94 bits per heavy atom. The van der Waals surface area contributed by atoms with Gasteiger partial charge in [-0.25, -0.2) is 9.78 Å². The number of aromatic carboxylic acids is 1. The number of carboxylic acid groups (broad SMARTS) is 1. The average Bonchev–Trinajstić information content (AvgIpc) is 2.35. The van der Waals surface area contributed by atoms with Crippen molar-refractivity contribution in [1.82, 2.24) is 4.98 Å². The van der Waals surface area contributed by atoms with E-state index in [2.05, 4.69) is 10.3 Å². The maximum atomic E-state index is 11.6. The van der Waals surface area contributed by atoms with Crippen LogP contribution in [0.25, 0.3) is 0 Å². The van der Waals surface area contributed by atoms with Gasteiger partial charge in [0.2, 0.25) is 5.91 Å². The fourth-order valence-electron chi connectivity index (χ4n) is 1.37. The number of carbonyl (C=O) groups is 2. The van der Waals surface area contributed by atoms with Crippen molar-refractivity contribution in [2.24, 2.45) is 0 Å². The minimum atomic E-state index is -1.17. The van der Waals surface area contributed by atoms with Gasteiger partial charge in [0, 0.05) is 25.8 Å². The second kappa shape index (κ2) is 7.39. The molecule has 0 aromatic carbocycles. The predicted octanol–water partition coefficient (Wildman–Crippen LogP) is 1.54. The number of pyridine rings is 1. The molecule has 1 aromatic heterocycles. The molecule has 0 atom stereocenters. The van der Waals surface area contributed by atoms with E-state index in [0.717, 1.165) is 0 Å². The molecule has 1 aromatic rings. The van der Waals surface area contributed by atoms with Crippen LogP contribution in [0.1, 0.15) is 30.3 Å². The Morgan fingerprint density at radius 2 is 2.28 bits per heavy atom. The number of carboxylic acids is 1. The fourth-order valence-corrected chi connectivity index (χ4v) is 1.37. The summed E-state index contributed by atoms with van der Waals surface area (Å²) in [6.45, 7) is 3.02. The highest BCUT2D eigenvalue weighted by molar-refractivity contribution is 5.98. The number of ether oxygens (including phenoxy) is 1. The van der Waals surface area contributed by atoms with Crippen molar-refractivity contribution in [2.75, 3.05) is 18.5 Å². The van der Waals surface area contributed by atoms with Crippen molar-refractivity contribution in [2.45, 2.75) is 19.8 Å². The number of nitrogens with one attached hydrogen (secondary N) is 1. The Balaban J connectivity index is 2.51. The largest absolute Gasteiger partial charge is 0.476 e. The van der Waals surface area contributed by atoms with Crippen LogP contribution in [0.2, 0.25) is 0 Å². The van der Waals surface area contributed by atoms with Gasteiger partial charge in [0.15, 0.2) is 5.69 Å². The van der Waals surface area contributed by atoms with Gasteiger partial charge in [-0.05, 0) is 25.5 Å². The summed E-state index contributed by atoms with van der Waals surface area (Å²) in [5, 5.41) is 11.4. The molecule has 0 aliphatic rings. The van der Waals surface area contributed by atoms with Crippen LogP contribution < -0.4 is 5.32 Å². The molecule has 1 rings (SSSR count). The van der Waals surface area contributed by atoms with Gasteiger partial charge in [-0.3, -0.25) is 4.79 Å². The zero-order valence-corrected chi connectivity index (χ0v) is 10.2. The maximum absolute atomic E-state index is 11.6. The number of nitrogens with zero attached hydrogens (tertiary/aromatic N) is 1. The van der Waals surface area contributed by atoms with Crippen LogP contribution in [0.5, 0.6) is 0 Å². The molecule has 0 bridgehead atoms. The van der Waals surface area contributed by atoms with Crippen LogP contribution in [0.4, 0.5) is 5.69 Å². The molecule has 18 heavy (non-hydrogen) atoms. The highest BCUT2D eigenvalue weighted by Gasteiger charge is 2.12. The van der Waals surface area contributed by atoms with Crippen LogP contribution in [0.15, 0.2) is 18.3 Å². The third kappa shape index (κ3) is 4.50. The lowest BCUT2D eigenvalue weighted by molar-refractivity contribution is -0.116. The third-order valence-corrected chi connectivity index (χ3v) is 2.18. The number of amides is 1. The molecular formula is C12H16N2O4. The number of carbonyl (C=O) groups excluding carboxylic acids is 1. The molecule has 6 nitrogen and oxygen atoms in total. The first kappa shape index (κ1) is 14.1. The Labute approximate surface area is 105 Å². The SMILES string of the molecule is CCOCCCC(=O)Nc1cccnc1C(=O)O. The fraction of sp³-hybridized carbons (Fsp3) is 0.417. The first-order valence-corrected chi connectivity index (χ1v) is 5.71. The van der Waals surface area contributed by atoms with Gasteiger partial charge in [0.25, 0.3) is 0 Å². The molecule has 1 heterocycles. The number of rotatable bonds is 7. The molecule has 0 aliphatic carbocycles. The summed E-state index contributed by atoms with van der Waals surface area (Å²) in [4.78, 5) is 26.1. The van der Waals surface area contributed by atoms with E-state index in [0.29, 0.717) is 19.6 Å². The second-order valence-corrected chi connectivity index (χ2v) is 3.55. The molecule has 2 N–H and O–H groups in total. The summed E-state index contributed by atoms with van der Waals surface area (Å²) in [6.07, 6.45) is 2.25. The normalized spacial score (nSPS) is 10.1. The second-order valence-electron chi connectivity index (χ2n) is 3.55. The van der Waals surface area contributed by atoms with Crippen molar-refractivity contribution in [3.8, 4) is 0 Å². The van der Waals surface area contributed by atoms with E-state index in [1.54, 1.807) is 6.07 Å². The zero-order valence-electron chi connectivity index (χ0n) is 10.2. The third-order valence-electron chi connectivity index (χ3n) is 2.18. The summed E-state index contributed by atoms with van der Waals surface area (Å²) >= 11 is 0.